The molecule has 11 aromatic rings. The van der Waals surface area contributed by atoms with Crippen LogP contribution in [0.4, 0.5) is 0 Å². The Hall–Kier alpha value is -7.89. The van der Waals surface area contributed by atoms with E-state index in [1.807, 2.05) is 66.7 Å². The molecule has 0 aliphatic carbocycles. The molecule has 0 aliphatic rings. The molecule has 0 saturated carbocycles. The number of fused-ring (bicyclic) bond motifs is 9. The van der Waals surface area contributed by atoms with Crippen molar-refractivity contribution in [2.24, 2.45) is 0 Å². The minimum Gasteiger partial charge on any atom is -0.309 e. The molecular weight excluding hydrogens is 719 g/mol. The third-order valence-electron chi connectivity index (χ3n) is 11.4. The fraction of sp³-hybridized carbons (Fsp3) is 0.0185. The van der Waals surface area contributed by atoms with Crippen molar-refractivity contribution in [3.8, 4) is 39.9 Å². The van der Waals surface area contributed by atoms with Gasteiger partial charge in [-0.3, -0.25) is 0 Å². The van der Waals surface area contributed by atoms with Crippen molar-refractivity contribution in [1.82, 2.24) is 24.1 Å². The Morgan fingerprint density at radius 2 is 1.08 bits per heavy atom. The maximum Gasteiger partial charge on any atom is 0.164 e. The van der Waals surface area contributed by atoms with Crippen LogP contribution in [-0.2, 0) is 0 Å². The van der Waals surface area contributed by atoms with Crippen molar-refractivity contribution < 1.29 is 0 Å². The molecule has 5 nitrogen and oxygen atoms in total. The van der Waals surface area contributed by atoms with Crippen molar-refractivity contribution in [2.45, 2.75) is 6.92 Å². The van der Waals surface area contributed by atoms with Crippen LogP contribution in [0, 0.1) is 6.92 Å². The lowest BCUT2D eigenvalue weighted by Gasteiger charge is -2.16. The number of allylic oxidation sites excluding steroid dienone is 2. The van der Waals surface area contributed by atoms with E-state index in [-0.39, 0.29) is 0 Å². The molecular formula is C54H37N5. The van der Waals surface area contributed by atoms with Gasteiger partial charge >= 0.3 is 0 Å². The van der Waals surface area contributed by atoms with Crippen LogP contribution in [0.5, 0.6) is 0 Å². The van der Waals surface area contributed by atoms with E-state index in [0.29, 0.717) is 17.5 Å². The summed E-state index contributed by atoms with van der Waals surface area (Å²) in [5.74, 6) is 1.91. The Balaban J connectivity index is 1.14. The molecule has 3 aromatic heterocycles. The Morgan fingerprint density at radius 3 is 1.76 bits per heavy atom. The summed E-state index contributed by atoms with van der Waals surface area (Å²) in [6.45, 7) is 6.37. The highest BCUT2D eigenvalue weighted by Gasteiger charge is 2.23. The minimum atomic E-state index is 0.627. The number of hydrogen-bond donors (Lipinski definition) is 0. The van der Waals surface area contributed by atoms with E-state index in [9.17, 15) is 0 Å². The molecule has 3 heterocycles. The molecule has 8 aromatic carbocycles. The van der Waals surface area contributed by atoms with E-state index in [1.165, 1.54) is 43.4 Å². The first-order valence-corrected chi connectivity index (χ1v) is 19.9. The number of benzene rings is 8. The maximum absolute atomic E-state index is 5.02. The van der Waals surface area contributed by atoms with Crippen LogP contribution in [0.1, 0.15) is 11.1 Å². The number of aromatic nitrogens is 5. The molecule has 0 spiro atoms. The highest BCUT2D eigenvalue weighted by atomic mass is 15.0. The van der Waals surface area contributed by atoms with Gasteiger partial charge in [0.25, 0.3) is 0 Å². The molecule has 0 bridgehead atoms. The van der Waals surface area contributed by atoms with E-state index >= 15 is 0 Å². The van der Waals surface area contributed by atoms with E-state index in [0.717, 1.165) is 50.2 Å². The van der Waals surface area contributed by atoms with Gasteiger partial charge in [0, 0.05) is 49.5 Å². The molecule has 0 N–H and O–H groups in total. The van der Waals surface area contributed by atoms with E-state index in [1.54, 1.807) is 0 Å². The van der Waals surface area contributed by atoms with Gasteiger partial charge in [-0.05, 0) is 65.7 Å². The molecule has 278 valence electrons. The first-order valence-electron chi connectivity index (χ1n) is 19.9. The van der Waals surface area contributed by atoms with Crippen LogP contribution in [0.2, 0.25) is 0 Å². The lowest BCUT2D eigenvalue weighted by molar-refractivity contribution is 1.07. The normalized spacial score (nSPS) is 12.0. The van der Waals surface area contributed by atoms with Crippen molar-refractivity contribution in [1.29, 1.82) is 0 Å². The maximum atomic E-state index is 5.02. The van der Waals surface area contributed by atoms with Crippen LogP contribution >= 0.6 is 0 Å². The molecule has 11 rings (SSSR count). The van der Waals surface area contributed by atoms with Gasteiger partial charge in [0.1, 0.15) is 0 Å². The summed E-state index contributed by atoms with van der Waals surface area (Å²) in [7, 11) is 0. The predicted molar refractivity (Wildman–Crippen MR) is 246 cm³/mol. The van der Waals surface area contributed by atoms with Gasteiger partial charge < -0.3 is 9.13 Å². The zero-order chi connectivity index (χ0) is 39.5. The number of para-hydroxylation sites is 2. The van der Waals surface area contributed by atoms with Crippen molar-refractivity contribution in [2.75, 3.05) is 0 Å². The standard InChI is InChI=1S/C54H37N5/c1-3-17-45(41-30-28-39(34-35(41)2)54-56-52(37-19-7-4-8-20-37)55-53(57-54)38-21-9-5-10-22-38)59-46-27-16-15-26-43(46)50-48(59)33-31-44-49-42-25-14-13-18-36(42)29-32-47(49)58(51(44)50)40-23-11-6-12-24-40/h3-34H,1H2,2H3/b45-17+. The van der Waals surface area contributed by atoms with E-state index < -0.39 is 0 Å². The SMILES string of the molecule is C=C/C=C(\c1ccc(-c2nc(-c3ccccc3)nc(-c3ccccc3)n2)cc1C)n1c2ccccc2c2c1ccc1c3c4ccccc4ccc3n(-c3ccccc3)c12. The molecule has 0 fully saturated rings. The zero-order valence-electron chi connectivity index (χ0n) is 32.4. The van der Waals surface area contributed by atoms with Crippen LogP contribution in [0.25, 0.3) is 99.9 Å². The summed E-state index contributed by atoms with van der Waals surface area (Å²) in [4.78, 5) is 15.0. The van der Waals surface area contributed by atoms with Crippen molar-refractivity contribution >= 4 is 60.1 Å². The van der Waals surface area contributed by atoms with Crippen LogP contribution in [0.3, 0.4) is 0 Å². The molecule has 0 saturated heterocycles. The highest BCUT2D eigenvalue weighted by molar-refractivity contribution is 6.30. The largest absolute Gasteiger partial charge is 0.309 e. The fourth-order valence-electron chi connectivity index (χ4n) is 8.86. The predicted octanol–water partition coefficient (Wildman–Crippen LogP) is 13.6. The van der Waals surface area contributed by atoms with Crippen LogP contribution in [-0.4, -0.2) is 24.1 Å². The van der Waals surface area contributed by atoms with E-state index in [4.69, 9.17) is 15.0 Å². The van der Waals surface area contributed by atoms with Gasteiger partial charge in [-0.25, -0.2) is 15.0 Å². The molecule has 59 heavy (non-hydrogen) atoms. The number of rotatable bonds is 7. The summed E-state index contributed by atoms with van der Waals surface area (Å²) in [5.41, 5.74) is 11.8. The molecule has 0 amide bonds. The molecule has 0 aliphatic heterocycles. The summed E-state index contributed by atoms with van der Waals surface area (Å²) in [6.07, 6.45) is 4.02. The summed E-state index contributed by atoms with van der Waals surface area (Å²) in [6, 6.07) is 64.1. The number of aryl methyl sites for hydroxylation is 1. The summed E-state index contributed by atoms with van der Waals surface area (Å²) >= 11 is 0. The molecule has 0 unspecified atom stereocenters. The van der Waals surface area contributed by atoms with Crippen LogP contribution < -0.4 is 0 Å². The van der Waals surface area contributed by atoms with E-state index in [2.05, 4.69) is 150 Å². The van der Waals surface area contributed by atoms with Gasteiger partial charge in [-0.1, -0.05) is 158 Å². The Bertz CT molecular complexity index is 3390. The smallest absolute Gasteiger partial charge is 0.164 e. The second-order valence-electron chi connectivity index (χ2n) is 14.9. The molecule has 0 atom stereocenters. The van der Waals surface area contributed by atoms with Crippen molar-refractivity contribution in [3.63, 3.8) is 0 Å². The number of nitrogens with zero attached hydrogens (tertiary/aromatic N) is 5. The van der Waals surface area contributed by atoms with Gasteiger partial charge in [0.05, 0.1) is 27.8 Å². The zero-order valence-corrected chi connectivity index (χ0v) is 32.4. The van der Waals surface area contributed by atoms with Crippen LogP contribution in [0.15, 0.2) is 201 Å². The highest BCUT2D eigenvalue weighted by Crippen LogP contribution is 2.44. The Kier molecular flexibility index (Phi) is 8.12. The lowest BCUT2D eigenvalue weighted by Crippen LogP contribution is -2.03. The topological polar surface area (TPSA) is 48.5 Å². The molecule has 5 heteroatoms. The van der Waals surface area contributed by atoms with Gasteiger partial charge in [-0.2, -0.15) is 0 Å². The molecule has 0 radical (unpaired) electrons. The van der Waals surface area contributed by atoms with Gasteiger partial charge in [0.2, 0.25) is 0 Å². The number of hydrogen-bond acceptors (Lipinski definition) is 3. The summed E-state index contributed by atoms with van der Waals surface area (Å²) < 4.78 is 4.86. The van der Waals surface area contributed by atoms with Gasteiger partial charge in [-0.15, -0.1) is 0 Å². The lowest BCUT2D eigenvalue weighted by atomic mass is 10.0. The Morgan fingerprint density at radius 1 is 0.492 bits per heavy atom. The quantitative estimate of drug-likeness (QED) is 0.152. The average Bonchev–Trinajstić information content (AvgIpc) is 3.82. The second kappa shape index (κ2) is 13.9. The third-order valence-corrected chi connectivity index (χ3v) is 11.4. The monoisotopic (exact) mass is 755 g/mol. The first kappa shape index (κ1) is 34.4. The minimum absolute atomic E-state index is 0.627. The van der Waals surface area contributed by atoms with Gasteiger partial charge in [0.15, 0.2) is 17.5 Å². The summed E-state index contributed by atoms with van der Waals surface area (Å²) in [5, 5.41) is 7.37. The first-order chi connectivity index (χ1) is 29.2. The fourth-order valence-corrected chi connectivity index (χ4v) is 8.86. The van der Waals surface area contributed by atoms with Crippen molar-refractivity contribution in [3.05, 3.63) is 212 Å². The average molecular weight is 756 g/mol. The Labute approximate surface area is 341 Å². The second-order valence-corrected chi connectivity index (χ2v) is 14.9. The third kappa shape index (κ3) is 5.58.